The number of fused-ring (bicyclic) bond motifs is 1. The van der Waals surface area contributed by atoms with Crippen LogP contribution in [0.4, 0.5) is 0 Å². The Kier molecular flexibility index (Phi) is 2.37. The van der Waals surface area contributed by atoms with Gasteiger partial charge >= 0.3 is 0 Å². The van der Waals surface area contributed by atoms with Crippen LogP contribution in [0.25, 0.3) is 0 Å². The van der Waals surface area contributed by atoms with Crippen molar-refractivity contribution in [2.75, 3.05) is 13.7 Å². The van der Waals surface area contributed by atoms with Crippen molar-refractivity contribution in [2.24, 2.45) is 17.8 Å². The molecule has 0 radical (unpaired) electrons. The first-order chi connectivity index (χ1) is 6.18. The molecule has 0 heterocycles. The second-order valence-electron chi connectivity index (χ2n) is 4.90. The summed E-state index contributed by atoms with van der Waals surface area (Å²) >= 11 is 0. The van der Waals surface area contributed by atoms with Crippen LogP contribution < -0.4 is 0 Å². The Balaban J connectivity index is 1.82. The highest BCUT2D eigenvalue weighted by atomic mass is 16.5. The van der Waals surface area contributed by atoms with Crippen molar-refractivity contribution in [3.05, 3.63) is 0 Å². The minimum Gasteiger partial charge on any atom is -0.389 e. The second-order valence-corrected chi connectivity index (χ2v) is 4.90. The zero-order chi connectivity index (χ0) is 9.47. The number of methoxy groups -OCH3 is 1. The molecule has 0 spiro atoms. The van der Waals surface area contributed by atoms with E-state index in [0.29, 0.717) is 17.8 Å². The maximum absolute atomic E-state index is 10.2. The molecule has 3 atom stereocenters. The van der Waals surface area contributed by atoms with E-state index in [4.69, 9.17) is 4.74 Å². The smallest absolute Gasteiger partial charge is 0.0714 e. The van der Waals surface area contributed by atoms with Crippen LogP contribution in [0.15, 0.2) is 0 Å². The third-order valence-electron chi connectivity index (χ3n) is 3.82. The average Bonchev–Trinajstić information content (AvgIpc) is 2.52. The van der Waals surface area contributed by atoms with E-state index in [9.17, 15) is 5.11 Å². The van der Waals surface area contributed by atoms with Crippen LogP contribution in [0.5, 0.6) is 0 Å². The summed E-state index contributed by atoms with van der Waals surface area (Å²) in [6.45, 7) is 2.94. The lowest BCUT2D eigenvalue weighted by molar-refractivity contribution is 0.0581. The van der Waals surface area contributed by atoms with Crippen LogP contribution in [0.1, 0.15) is 32.6 Å². The molecule has 1 N–H and O–H groups in total. The number of rotatable bonds is 4. The van der Waals surface area contributed by atoms with Gasteiger partial charge in [-0.25, -0.2) is 0 Å². The van der Waals surface area contributed by atoms with E-state index >= 15 is 0 Å². The Morgan fingerprint density at radius 1 is 1.46 bits per heavy atom. The summed E-state index contributed by atoms with van der Waals surface area (Å²) in [5.74, 6) is 1.76. The minimum absolute atomic E-state index is 0.295. The Bertz CT molecular complexity index is 181. The predicted molar refractivity (Wildman–Crippen MR) is 51.4 cm³/mol. The fourth-order valence-corrected chi connectivity index (χ4v) is 3.25. The van der Waals surface area contributed by atoms with Crippen LogP contribution >= 0.6 is 0 Å². The third-order valence-corrected chi connectivity index (χ3v) is 3.82. The fourth-order valence-electron chi connectivity index (χ4n) is 3.25. The summed E-state index contributed by atoms with van der Waals surface area (Å²) < 4.78 is 5.09. The first kappa shape index (κ1) is 9.47. The molecule has 0 aromatic rings. The zero-order valence-electron chi connectivity index (χ0n) is 8.62. The van der Waals surface area contributed by atoms with Gasteiger partial charge in [-0.15, -0.1) is 0 Å². The minimum atomic E-state index is -0.295. The van der Waals surface area contributed by atoms with Crippen molar-refractivity contribution >= 4 is 0 Å². The topological polar surface area (TPSA) is 29.5 Å². The number of ether oxygens (including phenoxy) is 1. The van der Waals surface area contributed by atoms with Crippen molar-refractivity contribution in [3.63, 3.8) is 0 Å². The second kappa shape index (κ2) is 3.25. The quantitative estimate of drug-likeness (QED) is 0.722. The summed E-state index contributed by atoms with van der Waals surface area (Å²) in [7, 11) is 1.73. The molecule has 2 rings (SSSR count). The van der Waals surface area contributed by atoms with Gasteiger partial charge in [0.05, 0.1) is 5.60 Å². The van der Waals surface area contributed by atoms with Crippen LogP contribution in [-0.4, -0.2) is 24.4 Å². The maximum Gasteiger partial charge on any atom is 0.0714 e. The Morgan fingerprint density at radius 3 is 2.62 bits per heavy atom. The van der Waals surface area contributed by atoms with Gasteiger partial charge in [0, 0.05) is 13.7 Å². The molecule has 0 bridgehead atoms. The van der Waals surface area contributed by atoms with Gasteiger partial charge in [-0.3, -0.25) is 0 Å². The SMILES string of the molecule is COCC(C)CC1(O)C2CCCC21. The van der Waals surface area contributed by atoms with Crippen LogP contribution in [0, 0.1) is 17.8 Å². The van der Waals surface area contributed by atoms with Crippen LogP contribution in [0.3, 0.4) is 0 Å². The molecule has 2 aliphatic rings. The molecule has 0 amide bonds. The molecular formula is C11H20O2. The lowest BCUT2D eigenvalue weighted by Gasteiger charge is -2.18. The predicted octanol–water partition coefficient (Wildman–Crippen LogP) is 1.82. The van der Waals surface area contributed by atoms with Crippen molar-refractivity contribution in [1.29, 1.82) is 0 Å². The van der Waals surface area contributed by atoms with E-state index in [1.165, 1.54) is 19.3 Å². The molecule has 0 aliphatic heterocycles. The standard InChI is InChI=1S/C11H20O2/c1-8(7-13-2)6-11(12)9-4-3-5-10(9)11/h8-10,12H,3-7H2,1-2H3. The summed E-state index contributed by atoms with van der Waals surface area (Å²) in [4.78, 5) is 0. The van der Waals surface area contributed by atoms with Crippen molar-refractivity contribution < 1.29 is 9.84 Å². The van der Waals surface area contributed by atoms with Gasteiger partial charge in [-0.1, -0.05) is 13.3 Å². The lowest BCUT2D eigenvalue weighted by atomic mass is 9.96. The first-order valence-electron chi connectivity index (χ1n) is 5.40. The highest BCUT2D eigenvalue weighted by Crippen LogP contribution is 2.62. The van der Waals surface area contributed by atoms with Gasteiger partial charge in [-0.2, -0.15) is 0 Å². The Hall–Kier alpha value is -0.0800. The molecule has 2 nitrogen and oxygen atoms in total. The number of aliphatic hydroxyl groups is 1. The number of hydrogen-bond acceptors (Lipinski definition) is 2. The van der Waals surface area contributed by atoms with E-state index in [2.05, 4.69) is 6.92 Å². The van der Waals surface area contributed by atoms with E-state index < -0.39 is 0 Å². The van der Waals surface area contributed by atoms with Crippen molar-refractivity contribution in [1.82, 2.24) is 0 Å². The maximum atomic E-state index is 10.2. The molecule has 2 aliphatic carbocycles. The van der Waals surface area contributed by atoms with E-state index in [1.807, 2.05) is 0 Å². The molecule has 76 valence electrons. The van der Waals surface area contributed by atoms with Gasteiger partial charge in [0.15, 0.2) is 0 Å². The highest BCUT2D eigenvalue weighted by Gasteiger charge is 2.64. The molecule has 2 heteroatoms. The molecule has 2 saturated carbocycles. The van der Waals surface area contributed by atoms with E-state index in [0.717, 1.165) is 13.0 Å². The lowest BCUT2D eigenvalue weighted by Crippen LogP contribution is -2.21. The Morgan fingerprint density at radius 2 is 2.08 bits per heavy atom. The molecule has 3 unspecified atom stereocenters. The van der Waals surface area contributed by atoms with Crippen molar-refractivity contribution in [3.8, 4) is 0 Å². The van der Waals surface area contributed by atoms with Gasteiger partial charge in [0.25, 0.3) is 0 Å². The van der Waals surface area contributed by atoms with Crippen LogP contribution in [-0.2, 0) is 4.74 Å². The highest BCUT2D eigenvalue weighted by molar-refractivity contribution is 5.15. The summed E-state index contributed by atoms with van der Waals surface area (Å²) in [5.41, 5.74) is -0.295. The van der Waals surface area contributed by atoms with Crippen molar-refractivity contribution in [2.45, 2.75) is 38.2 Å². The molecule has 13 heavy (non-hydrogen) atoms. The molecular weight excluding hydrogens is 164 g/mol. The summed E-state index contributed by atoms with van der Waals surface area (Å²) in [6.07, 6.45) is 4.77. The van der Waals surface area contributed by atoms with E-state index in [-0.39, 0.29) is 5.60 Å². The molecule has 0 aromatic heterocycles. The summed E-state index contributed by atoms with van der Waals surface area (Å²) in [6, 6.07) is 0. The van der Waals surface area contributed by atoms with Gasteiger partial charge in [-0.05, 0) is 37.0 Å². The molecule has 0 saturated heterocycles. The largest absolute Gasteiger partial charge is 0.389 e. The van der Waals surface area contributed by atoms with Gasteiger partial charge in [0.1, 0.15) is 0 Å². The van der Waals surface area contributed by atoms with E-state index in [1.54, 1.807) is 7.11 Å². The average molecular weight is 184 g/mol. The molecule has 2 fully saturated rings. The first-order valence-corrected chi connectivity index (χ1v) is 5.40. The Labute approximate surface area is 80.3 Å². The van der Waals surface area contributed by atoms with Gasteiger partial charge in [0.2, 0.25) is 0 Å². The third kappa shape index (κ3) is 1.50. The number of hydrogen-bond donors (Lipinski definition) is 1. The summed E-state index contributed by atoms with van der Waals surface area (Å²) in [5, 5.41) is 10.2. The fraction of sp³-hybridized carbons (Fsp3) is 1.00. The molecule has 0 aromatic carbocycles. The zero-order valence-corrected chi connectivity index (χ0v) is 8.62. The van der Waals surface area contributed by atoms with Gasteiger partial charge < -0.3 is 9.84 Å². The normalized spacial score (nSPS) is 44.5. The van der Waals surface area contributed by atoms with Crippen LogP contribution in [0.2, 0.25) is 0 Å². The monoisotopic (exact) mass is 184 g/mol.